The molecule has 0 aliphatic carbocycles. The lowest BCUT2D eigenvalue weighted by Crippen LogP contribution is -2.40. The molecule has 0 fully saturated rings. The second-order valence-electron chi connectivity index (χ2n) is 8.60. The number of hydrogen-bond acceptors (Lipinski definition) is 5. The number of nitrogens with one attached hydrogen (secondary N) is 2. The van der Waals surface area contributed by atoms with Crippen LogP contribution in [0.3, 0.4) is 0 Å². The lowest BCUT2D eigenvalue weighted by atomic mass is 10.1. The van der Waals surface area contributed by atoms with Crippen LogP contribution in [0, 0.1) is 5.82 Å². The number of benzene rings is 1. The first-order chi connectivity index (χ1) is 14.7. The number of ether oxygens (including phenoxy) is 1. The number of nitrogens with zero attached hydrogens (tertiary/aromatic N) is 3. The number of aromatic amines is 1. The van der Waals surface area contributed by atoms with Gasteiger partial charge in [0, 0.05) is 42.2 Å². The van der Waals surface area contributed by atoms with Crippen LogP contribution in [0.5, 0.6) is 0 Å². The fraction of sp³-hybridized carbons (Fsp3) is 0.409. The highest BCUT2D eigenvalue weighted by Crippen LogP contribution is 2.27. The molecule has 7 nitrogen and oxygen atoms in total. The van der Waals surface area contributed by atoms with E-state index in [2.05, 4.69) is 20.3 Å². The summed E-state index contributed by atoms with van der Waals surface area (Å²) in [7, 11) is 0. The first kappa shape index (κ1) is 21.4. The van der Waals surface area contributed by atoms with Crippen molar-refractivity contribution in [3.05, 3.63) is 52.3 Å². The summed E-state index contributed by atoms with van der Waals surface area (Å²) in [4.78, 5) is 26.0. The minimum Gasteiger partial charge on any atom is -0.444 e. The predicted octanol–water partition coefficient (Wildman–Crippen LogP) is 4.70. The standard InChI is InChI=1S/C22H25ClFN5O2/c1-22(2,3)31-21(30)29-9-7-18-16(12-29)19(28-20(23)27-18)25-8-6-13-11-26-17-5-4-14(24)10-15(13)17/h4-5,10-11,26H,6-9,12H2,1-3H3,(H,25,27,28). The Morgan fingerprint density at radius 3 is 2.94 bits per heavy atom. The fourth-order valence-corrected chi connectivity index (χ4v) is 3.87. The van der Waals surface area contributed by atoms with Gasteiger partial charge in [0.05, 0.1) is 12.2 Å². The van der Waals surface area contributed by atoms with E-state index in [1.807, 2.05) is 27.0 Å². The molecule has 4 rings (SSSR count). The number of amides is 1. The van der Waals surface area contributed by atoms with Crippen molar-refractivity contribution >= 4 is 34.4 Å². The van der Waals surface area contributed by atoms with Crippen LogP contribution in [0.15, 0.2) is 24.4 Å². The number of fused-ring (bicyclic) bond motifs is 2. The normalized spacial score (nSPS) is 13.9. The van der Waals surface area contributed by atoms with Crippen LogP contribution in [-0.2, 0) is 24.1 Å². The monoisotopic (exact) mass is 445 g/mol. The van der Waals surface area contributed by atoms with Gasteiger partial charge in [0.1, 0.15) is 17.2 Å². The van der Waals surface area contributed by atoms with E-state index in [1.54, 1.807) is 11.0 Å². The van der Waals surface area contributed by atoms with E-state index in [9.17, 15) is 9.18 Å². The third-order valence-electron chi connectivity index (χ3n) is 5.10. The first-order valence-electron chi connectivity index (χ1n) is 10.2. The number of carbonyl (C=O) groups is 1. The van der Waals surface area contributed by atoms with Gasteiger partial charge in [0.2, 0.25) is 5.28 Å². The summed E-state index contributed by atoms with van der Waals surface area (Å²) < 4.78 is 19.1. The zero-order valence-electron chi connectivity index (χ0n) is 17.8. The SMILES string of the molecule is CC(C)(C)OC(=O)N1CCc2nc(Cl)nc(NCCc3c[nH]c4ccc(F)cc34)c2C1. The minimum atomic E-state index is -0.562. The Morgan fingerprint density at radius 2 is 2.16 bits per heavy atom. The molecule has 9 heteroatoms. The van der Waals surface area contributed by atoms with Gasteiger partial charge >= 0.3 is 6.09 Å². The number of H-pyrrole nitrogens is 1. The summed E-state index contributed by atoms with van der Waals surface area (Å²) in [6, 6.07) is 4.70. The lowest BCUT2D eigenvalue weighted by molar-refractivity contribution is 0.0223. The third-order valence-corrected chi connectivity index (χ3v) is 5.27. The molecule has 0 atom stereocenters. The summed E-state index contributed by atoms with van der Waals surface area (Å²) in [5.74, 6) is 0.342. The number of rotatable bonds is 4. The van der Waals surface area contributed by atoms with Gasteiger partial charge in [-0.15, -0.1) is 0 Å². The fourth-order valence-electron chi connectivity index (χ4n) is 3.69. The summed E-state index contributed by atoms with van der Waals surface area (Å²) in [5, 5.41) is 4.35. The molecule has 164 valence electrons. The average Bonchev–Trinajstić information content (AvgIpc) is 3.08. The van der Waals surface area contributed by atoms with Crippen LogP contribution in [0.2, 0.25) is 5.28 Å². The Kier molecular flexibility index (Phi) is 5.75. The van der Waals surface area contributed by atoms with E-state index in [4.69, 9.17) is 16.3 Å². The van der Waals surface area contributed by atoms with Crippen LogP contribution in [0.25, 0.3) is 10.9 Å². The van der Waals surface area contributed by atoms with Gasteiger partial charge in [-0.2, -0.15) is 0 Å². The molecule has 1 aliphatic rings. The molecule has 0 spiro atoms. The zero-order valence-corrected chi connectivity index (χ0v) is 18.5. The maximum absolute atomic E-state index is 13.6. The number of halogens is 2. The Morgan fingerprint density at radius 1 is 1.35 bits per heavy atom. The van der Waals surface area contributed by atoms with Gasteiger partial charge in [-0.05, 0) is 62.6 Å². The van der Waals surface area contributed by atoms with Gasteiger partial charge in [-0.25, -0.2) is 19.2 Å². The van der Waals surface area contributed by atoms with E-state index in [1.165, 1.54) is 12.1 Å². The first-order valence-corrected chi connectivity index (χ1v) is 10.6. The zero-order chi connectivity index (χ0) is 22.2. The number of hydrogen-bond donors (Lipinski definition) is 2. The Balaban J connectivity index is 1.48. The van der Waals surface area contributed by atoms with E-state index in [0.29, 0.717) is 38.3 Å². The molecule has 2 aromatic heterocycles. The largest absolute Gasteiger partial charge is 0.444 e. The molecular weight excluding hydrogens is 421 g/mol. The van der Waals surface area contributed by atoms with E-state index < -0.39 is 5.60 Å². The molecule has 31 heavy (non-hydrogen) atoms. The maximum atomic E-state index is 13.6. The molecule has 1 amide bonds. The molecule has 1 aliphatic heterocycles. The topological polar surface area (TPSA) is 83.1 Å². The smallest absolute Gasteiger partial charge is 0.410 e. The minimum absolute atomic E-state index is 0.168. The molecule has 0 bridgehead atoms. The second kappa shape index (κ2) is 8.34. The highest BCUT2D eigenvalue weighted by Gasteiger charge is 2.28. The quantitative estimate of drug-likeness (QED) is 0.569. The third kappa shape index (κ3) is 4.90. The lowest BCUT2D eigenvalue weighted by Gasteiger charge is -2.31. The van der Waals surface area contributed by atoms with Gasteiger partial charge in [-0.3, -0.25) is 0 Å². The maximum Gasteiger partial charge on any atom is 0.410 e. The molecular formula is C22H25ClFN5O2. The second-order valence-corrected chi connectivity index (χ2v) is 8.94. The van der Waals surface area contributed by atoms with Crippen LogP contribution in [0.1, 0.15) is 37.6 Å². The van der Waals surface area contributed by atoms with Gasteiger partial charge < -0.3 is 19.9 Å². The van der Waals surface area contributed by atoms with Crippen molar-refractivity contribution < 1.29 is 13.9 Å². The molecule has 3 aromatic rings. The Labute approximate surface area is 185 Å². The molecule has 2 N–H and O–H groups in total. The van der Waals surface area contributed by atoms with Crippen LogP contribution < -0.4 is 5.32 Å². The van der Waals surface area contributed by atoms with Crippen molar-refractivity contribution in [2.75, 3.05) is 18.4 Å². The van der Waals surface area contributed by atoms with Gasteiger partial charge in [0.25, 0.3) is 0 Å². The molecule has 0 saturated heterocycles. The highest BCUT2D eigenvalue weighted by molar-refractivity contribution is 6.28. The summed E-state index contributed by atoms with van der Waals surface area (Å²) >= 11 is 6.13. The van der Waals surface area contributed by atoms with Gasteiger partial charge in [0.15, 0.2) is 0 Å². The molecule has 3 heterocycles. The van der Waals surface area contributed by atoms with Crippen molar-refractivity contribution in [2.45, 2.75) is 45.8 Å². The van der Waals surface area contributed by atoms with Crippen LogP contribution in [-0.4, -0.2) is 44.6 Å². The highest BCUT2D eigenvalue weighted by atomic mass is 35.5. The summed E-state index contributed by atoms with van der Waals surface area (Å²) in [6.45, 7) is 6.95. The average molecular weight is 446 g/mol. The number of anilines is 1. The van der Waals surface area contributed by atoms with Crippen molar-refractivity contribution in [1.29, 1.82) is 0 Å². The Hall–Kier alpha value is -2.87. The molecule has 0 radical (unpaired) electrons. The van der Waals surface area contributed by atoms with E-state index >= 15 is 0 Å². The molecule has 1 aromatic carbocycles. The van der Waals surface area contributed by atoms with E-state index in [-0.39, 0.29) is 17.2 Å². The van der Waals surface area contributed by atoms with E-state index in [0.717, 1.165) is 27.7 Å². The number of aromatic nitrogens is 3. The molecule has 0 saturated carbocycles. The predicted molar refractivity (Wildman–Crippen MR) is 118 cm³/mol. The van der Waals surface area contributed by atoms with Crippen molar-refractivity contribution in [2.24, 2.45) is 0 Å². The molecule has 0 unspecified atom stereocenters. The Bertz CT molecular complexity index is 1130. The van der Waals surface area contributed by atoms with Gasteiger partial charge in [-0.1, -0.05) is 0 Å². The van der Waals surface area contributed by atoms with Crippen LogP contribution in [0.4, 0.5) is 15.0 Å². The number of carbonyl (C=O) groups excluding carboxylic acids is 1. The van der Waals surface area contributed by atoms with Crippen molar-refractivity contribution in [3.63, 3.8) is 0 Å². The van der Waals surface area contributed by atoms with Crippen molar-refractivity contribution in [3.8, 4) is 0 Å². The van der Waals surface area contributed by atoms with Crippen molar-refractivity contribution in [1.82, 2.24) is 19.9 Å². The summed E-state index contributed by atoms with van der Waals surface area (Å²) in [5.41, 5.74) is 3.01. The van der Waals surface area contributed by atoms with Crippen LogP contribution >= 0.6 is 11.6 Å². The summed E-state index contributed by atoms with van der Waals surface area (Å²) in [6.07, 6.45) is 2.77.